The van der Waals surface area contributed by atoms with Gasteiger partial charge in [0, 0.05) is 16.8 Å². The number of nitrogens with zero attached hydrogens (tertiary/aromatic N) is 1. The number of carbonyl (C=O) groups is 1. The first kappa shape index (κ1) is 15.2. The van der Waals surface area contributed by atoms with Crippen molar-refractivity contribution in [2.75, 3.05) is 5.32 Å². The highest BCUT2D eigenvalue weighted by Crippen LogP contribution is 2.15. The molecule has 2 aromatic heterocycles. The Kier molecular flexibility index (Phi) is 4.68. The number of nitrogens with one attached hydrogen (secondary N) is 2. The average molecular weight is 323 g/mol. The van der Waals surface area contributed by atoms with Crippen LogP contribution in [0.4, 0.5) is 11.5 Å². The molecule has 2 N–H and O–H groups in total. The van der Waals surface area contributed by atoms with Crippen molar-refractivity contribution in [1.82, 2.24) is 10.3 Å². The zero-order chi connectivity index (χ0) is 16.1. The summed E-state index contributed by atoms with van der Waals surface area (Å²) in [6, 6.07) is 15.6. The lowest BCUT2D eigenvalue weighted by Crippen LogP contribution is -2.22. The predicted octanol–water partition coefficient (Wildman–Crippen LogP) is 4.13. The van der Waals surface area contributed by atoms with Crippen molar-refractivity contribution >= 4 is 28.7 Å². The van der Waals surface area contributed by atoms with E-state index in [1.807, 2.05) is 48.7 Å². The Balaban J connectivity index is 1.59. The molecule has 2 heterocycles. The molecule has 0 fully saturated rings. The van der Waals surface area contributed by atoms with Gasteiger partial charge in [0.2, 0.25) is 0 Å². The molecule has 0 spiro atoms. The molecule has 0 aliphatic rings. The van der Waals surface area contributed by atoms with E-state index in [4.69, 9.17) is 0 Å². The third-order valence-corrected chi connectivity index (χ3v) is 4.23. The van der Waals surface area contributed by atoms with E-state index in [-0.39, 0.29) is 5.91 Å². The second kappa shape index (κ2) is 7.07. The van der Waals surface area contributed by atoms with Crippen LogP contribution in [0.15, 0.2) is 60.1 Å². The van der Waals surface area contributed by atoms with E-state index in [0.29, 0.717) is 17.9 Å². The van der Waals surface area contributed by atoms with Gasteiger partial charge in [-0.15, -0.1) is 11.3 Å². The first-order chi connectivity index (χ1) is 11.2. The third kappa shape index (κ3) is 4.17. The number of pyridine rings is 1. The number of hydrogen-bond donors (Lipinski definition) is 2. The molecule has 4 nitrogen and oxygen atoms in total. The van der Waals surface area contributed by atoms with Gasteiger partial charge in [-0.05, 0) is 42.6 Å². The van der Waals surface area contributed by atoms with E-state index in [1.165, 1.54) is 5.56 Å². The zero-order valence-corrected chi connectivity index (χ0v) is 13.6. The molecule has 0 saturated carbocycles. The van der Waals surface area contributed by atoms with Crippen LogP contribution < -0.4 is 10.6 Å². The van der Waals surface area contributed by atoms with Gasteiger partial charge in [0.1, 0.15) is 5.82 Å². The summed E-state index contributed by atoms with van der Waals surface area (Å²) in [4.78, 5) is 17.5. The summed E-state index contributed by atoms with van der Waals surface area (Å²) in [5, 5.41) is 8.09. The number of anilines is 2. The van der Waals surface area contributed by atoms with Crippen molar-refractivity contribution < 1.29 is 4.79 Å². The van der Waals surface area contributed by atoms with Crippen molar-refractivity contribution in [2.24, 2.45) is 0 Å². The van der Waals surface area contributed by atoms with Crippen LogP contribution in [0, 0.1) is 6.92 Å². The van der Waals surface area contributed by atoms with Crippen molar-refractivity contribution in [3.63, 3.8) is 0 Å². The van der Waals surface area contributed by atoms with Crippen LogP contribution in [0.2, 0.25) is 0 Å². The predicted molar refractivity (Wildman–Crippen MR) is 94.2 cm³/mol. The van der Waals surface area contributed by atoms with Crippen molar-refractivity contribution in [2.45, 2.75) is 13.5 Å². The molecule has 0 saturated heterocycles. The summed E-state index contributed by atoms with van der Waals surface area (Å²) in [6.07, 6.45) is 1.58. The average Bonchev–Trinajstić information content (AvgIpc) is 3.09. The number of hydrogen-bond acceptors (Lipinski definition) is 4. The molecule has 0 radical (unpaired) electrons. The maximum Gasteiger partial charge on any atom is 0.253 e. The van der Waals surface area contributed by atoms with Crippen LogP contribution in [-0.4, -0.2) is 10.9 Å². The van der Waals surface area contributed by atoms with Gasteiger partial charge in [-0.25, -0.2) is 4.98 Å². The molecule has 3 aromatic rings. The monoisotopic (exact) mass is 323 g/mol. The quantitative estimate of drug-likeness (QED) is 0.742. The Morgan fingerprint density at radius 2 is 1.96 bits per heavy atom. The number of thiophene rings is 1. The van der Waals surface area contributed by atoms with Crippen molar-refractivity contribution in [3.8, 4) is 0 Å². The van der Waals surface area contributed by atoms with Crippen LogP contribution in [0.3, 0.4) is 0 Å². The second-order valence-electron chi connectivity index (χ2n) is 5.19. The van der Waals surface area contributed by atoms with E-state index in [0.717, 1.165) is 10.6 Å². The fourth-order valence-corrected chi connectivity index (χ4v) is 2.71. The van der Waals surface area contributed by atoms with E-state index in [1.54, 1.807) is 29.7 Å². The molecule has 5 heteroatoms. The lowest BCUT2D eigenvalue weighted by molar-refractivity contribution is 0.0951. The summed E-state index contributed by atoms with van der Waals surface area (Å²) < 4.78 is 0. The van der Waals surface area contributed by atoms with Crippen molar-refractivity contribution in [1.29, 1.82) is 0 Å². The fourth-order valence-electron chi connectivity index (χ4n) is 2.07. The molecule has 0 aliphatic heterocycles. The molecule has 0 atom stereocenters. The molecule has 1 aromatic carbocycles. The van der Waals surface area contributed by atoms with Gasteiger partial charge < -0.3 is 10.6 Å². The number of amides is 1. The molecule has 0 bridgehead atoms. The largest absolute Gasteiger partial charge is 0.347 e. The van der Waals surface area contributed by atoms with Crippen LogP contribution in [0.5, 0.6) is 0 Å². The smallest absolute Gasteiger partial charge is 0.253 e. The Bertz CT molecular complexity index is 765. The number of benzene rings is 1. The molecule has 1 amide bonds. The first-order valence-corrected chi connectivity index (χ1v) is 8.19. The van der Waals surface area contributed by atoms with E-state index in [2.05, 4.69) is 15.6 Å². The topological polar surface area (TPSA) is 54.0 Å². The van der Waals surface area contributed by atoms with Crippen LogP contribution in [0.25, 0.3) is 0 Å². The number of aromatic nitrogens is 1. The summed E-state index contributed by atoms with van der Waals surface area (Å²) in [5.41, 5.74) is 2.73. The standard InChI is InChI=1S/C18H17N3OS/c1-13-4-7-15(8-5-13)21-17-9-6-14(11-19-17)18(22)20-12-16-3-2-10-23-16/h2-11H,12H2,1H3,(H,19,21)(H,20,22). The molecular formula is C18H17N3OS. The van der Waals surface area contributed by atoms with E-state index >= 15 is 0 Å². The summed E-state index contributed by atoms with van der Waals surface area (Å²) in [7, 11) is 0. The molecule has 3 rings (SSSR count). The van der Waals surface area contributed by atoms with Crippen LogP contribution >= 0.6 is 11.3 Å². The highest BCUT2D eigenvalue weighted by Gasteiger charge is 2.06. The normalized spacial score (nSPS) is 10.3. The van der Waals surface area contributed by atoms with E-state index in [9.17, 15) is 4.79 Å². The minimum Gasteiger partial charge on any atom is -0.347 e. The van der Waals surface area contributed by atoms with Gasteiger partial charge >= 0.3 is 0 Å². The number of carbonyl (C=O) groups excluding carboxylic acids is 1. The number of rotatable bonds is 5. The van der Waals surface area contributed by atoms with Gasteiger partial charge in [-0.1, -0.05) is 23.8 Å². The minimum atomic E-state index is -0.118. The maximum atomic E-state index is 12.1. The van der Waals surface area contributed by atoms with Gasteiger partial charge in [-0.2, -0.15) is 0 Å². The first-order valence-electron chi connectivity index (χ1n) is 7.31. The summed E-state index contributed by atoms with van der Waals surface area (Å²) in [5.74, 6) is 0.594. The molecule has 0 aliphatic carbocycles. The molecule has 116 valence electrons. The summed E-state index contributed by atoms with van der Waals surface area (Å²) >= 11 is 1.62. The van der Waals surface area contributed by atoms with Crippen LogP contribution in [0.1, 0.15) is 20.8 Å². The highest BCUT2D eigenvalue weighted by atomic mass is 32.1. The Morgan fingerprint density at radius 1 is 1.13 bits per heavy atom. The second-order valence-corrected chi connectivity index (χ2v) is 6.22. The molecular weight excluding hydrogens is 306 g/mol. The van der Waals surface area contributed by atoms with E-state index < -0.39 is 0 Å². The van der Waals surface area contributed by atoms with Crippen molar-refractivity contribution in [3.05, 3.63) is 76.1 Å². The highest BCUT2D eigenvalue weighted by molar-refractivity contribution is 7.09. The van der Waals surface area contributed by atoms with Gasteiger partial charge in [0.15, 0.2) is 0 Å². The molecule has 0 unspecified atom stereocenters. The third-order valence-electron chi connectivity index (χ3n) is 3.35. The SMILES string of the molecule is Cc1ccc(Nc2ccc(C(=O)NCc3cccs3)cn2)cc1. The van der Waals surface area contributed by atoms with Gasteiger partial charge in [0.25, 0.3) is 5.91 Å². The lowest BCUT2D eigenvalue weighted by Gasteiger charge is -2.07. The lowest BCUT2D eigenvalue weighted by atomic mass is 10.2. The van der Waals surface area contributed by atoms with Gasteiger partial charge in [-0.3, -0.25) is 4.79 Å². The van der Waals surface area contributed by atoms with Crippen LogP contribution in [-0.2, 0) is 6.54 Å². The molecule has 23 heavy (non-hydrogen) atoms. The number of aryl methyl sites for hydroxylation is 1. The maximum absolute atomic E-state index is 12.1. The zero-order valence-electron chi connectivity index (χ0n) is 12.7. The Hall–Kier alpha value is -2.66. The van der Waals surface area contributed by atoms with Gasteiger partial charge in [0.05, 0.1) is 12.1 Å². The summed E-state index contributed by atoms with van der Waals surface area (Å²) in [6.45, 7) is 2.59. The minimum absolute atomic E-state index is 0.118. The Labute approximate surface area is 139 Å². The Morgan fingerprint density at radius 3 is 2.61 bits per heavy atom. The fraction of sp³-hybridized carbons (Fsp3) is 0.111.